The third kappa shape index (κ3) is 4.59. The van der Waals surface area contributed by atoms with Crippen LogP contribution in [0.25, 0.3) is 0 Å². The summed E-state index contributed by atoms with van der Waals surface area (Å²) < 4.78 is 11.1. The summed E-state index contributed by atoms with van der Waals surface area (Å²) in [5, 5.41) is 3.48. The number of likely N-dealkylation sites (tertiary alicyclic amines) is 1. The van der Waals surface area contributed by atoms with Crippen molar-refractivity contribution >= 4 is 23.2 Å². The summed E-state index contributed by atoms with van der Waals surface area (Å²) in [5.74, 6) is 2.36. The molecule has 0 atom stereocenters. The number of carbonyl (C=O) groups excluding carboxylic acids is 1. The number of nitrogens with one attached hydrogen (secondary N) is 1. The van der Waals surface area contributed by atoms with Gasteiger partial charge in [-0.3, -0.25) is 9.69 Å². The van der Waals surface area contributed by atoms with Gasteiger partial charge in [-0.1, -0.05) is 35.9 Å². The minimum atomic E-state index is 0.0347. The Bertz CT molecular complexity index is 834. The molecule has 2 heterocycles. The van der Waals surface area contributed by atoms with Gasteiger partial charge in [0.1, 0.15) is 0 Å². The lowest BCUT2D eigenvalue weighted by atomic mass is 9.91. The summed E-state index contributed by atoms with van der Waals surface area (Å²) in [6, 6.07) is 13.4. The molecule has 0 bridgehead atoms. The van der Waals surface area contributed by atoms with Gasteiger partial charge in [0, 0.05) is 18.5 Å². The molecule has 0 aliphatic carbocycles. The zero-order valence-corrected chi connectivity index (χ0v) is 16.6. The molecule has 0 aromatic heterocycles. The molecule has 0 radical (unpaired) electrons. The number of rotatable bonds is 6. The van der Waals surface area contributed by atoms with Crippen LogP contribution >= 0.6 is 11.6 Å². The average molecular weight is 401 g/mol. The second kappa shape index (κ2) is 8.84. The zero-order chi connectivity index (χ0) is 19.3. The van der Waals surface area contributed by atoms with E-state index in [1.54, 1.807) is 6.07 Å². The quantitative estimate of drug-likeness (QED) is 0.763. The second-order valence-corrected chi connectivity index (χ2v) is 7.84. The minimum Gasteiger partial charge on any atom is -0.454 e. The summed E-state index contributed by atoms with van der Waals surface area (Å²) >= 11 is 6.10. The Balaban J connectivity index is 1.21. The predicted octanol–water partition coefficient (Wildman–Crippen LogP) is 4.70. The highest BCUT2D eigenvalue weighted by Gasteiger charge is 2.23. The van der Waals surface area contributed by atoms with Gasteiger partial charge >= 0.3 is 0 Å². The molecule has 1 saturated heterocycles. The van der Waals surface area contributed by atoms with E-state index in [0.29, 0.717) is 29.8 Å². The van der Waals surface area contributed by atoms with E-state index < -0.39 is 0 Å². The number of ether oxygens (including phenoxy) is 2. The number of benzene rings is 2. The normalized spacial score (nSPS) is 16.9. The maximum absolute atomic E-state index is 12.2. The predicted molar refractivity (Wildman–Crippen MR) is 110 cm³/mol. The third-order valence-electron chi connectivity index (χ3n) is 5.51. The van der Waals surface area contributed by atoms with Crippen molar-refractivity contribution in [3.63, 3.8) is 0 Å². The maximum Gasteiger partial charge on any atom is 0.231 e. The van der Waals surface area contributed by atoms with E-state index in [0.717, 1.165) is 50.4 Å². The fourth-order valence-electron chi connectivity index (χ4n) is 3.90. The number of hydrogen-bond donors (Lipinski definition) is 1. The first-order valence-corrected chi connectivity index (χ1v) is 10.2. The molecule has 2 aliphatic heterocycles. The largest absolute Gasteiger partial charge is 0.454 e. The third-order valence-corrected chi connectivity index (χ3v) is 5.84. The first kappa shape index (κ1) is 19.1. The van der Waals surface area contributed by atoms with Gasteiger partial charge in [-0.2, -0.15) is 0 Å². The van der Waals surface area contributed by atoms with Crippen molar-refractivity contribution in [2.75, 3.05) is 25.2 Å². The topological polar surface area (TPSA) is 50.8 Å². The zero-order valence-electron chi connectivity index (χ0n) is 15.8. The molecule has 2 aromatic rings. The van der Waals surface area contributed by atoms with Crippen LogP contribution in [0.15, 0.2) is 42.5 Å². The Morgan fingerprint density at radius 2 is 1.93 bits per heavy atom. The number of nitrogens with zero attached hydrogens (tertiary/aromatic N) is 1. The molecular weight excluding hydrogens is 376 g/mol. The van der Waals surface area contributed by atoms with Crippen LogP contribution in [0, 0.1) is 5.92 Å². The molecule has 0 saturated carbocycles. The van der Waals surface area contributed by atoms with Crippen LogP contribution in [0.4, 0.5) is 5.69 Å². The number of carbonyl (C=O) groups is 1. The van der Waals surface area contributed by atoms with Crippen LogP contribution in [-0.4, -0.2) is 30.7 Å². The van der Waals surface area contributed by atoms with Crippen molar-refractivity contribution in [1.82, 2.24) is 4.90 Å². The van der Waals surface area contributed by atoms with Gasteiger partial charge in [0.05, 0.1) is 10.7 Å². The molecule has 0 spiro atoms. The number of hydrogen-bond acceptors (Lipinski definition) is 4. The van der Waals surface area contributed by atoms with E-state index in [1.807, 2.05) is 30.3 Å². The average Bonchev–Trinajstić information content (AvgIpc) is 3.19. The van der Waals surface area contributed by atoms with Crippen molar-refractivity contribution in [3.05, 3.63) is 53.1 Å². The summed E-state index contributed by atoms with van der Waals surface area (Å²) in [6.45, 7) is 3.28. The van der Waals surface area contributed by atoms with Crippen molar-refractivity contribution in [1.29, 1.82) is 0 Å². The fourth-order valence-corrected chi connectivity index (χ4v) is 4.08. The number of halogens is 1. The Morgan fingerprint density at radius 3 is 2.75 bits per heavy atom. The first-order chi connectivity index (χ1) is 13.7. The molecule has 1 N–H and O–H groups in total. The first-order valence-electron chi connectivity index (χ1n) is 9.83. The van der Waals surface area contributed by atoms with Crippen molar-refractivity contribution in [2.24, 2.45) is 5.92 Å². The molecule has 28 heavy (non-hydrogen) atoms. The fraction of sp³-hybridized carbons (Fsp3) is 0.409. The smallest absolute Gasteiger partial charge is 0.231 e. The highest BCUT2D eigenvalue weighted by molar-refractivity contribution is 6.33. The number of anilines is 1. The van der Waals surface area contributed by atoms with E-state index in [2.05, 4.69) is 16.3 Å². The number of amides is 1. The van der Waals surface area contributed by atoms with Gasteiger partial charge in [-0.15, -0.1) is 0 Å². The van der Waals surface area contributed by atoms with Crippen molar-refractivity contribution in [2.45, 2.75) is 32.2 Å². The highest BCUT2D eigenvalue weighted by Crippen LogP contribution is 2.36. The maximum atomic E-state index is 12.2. The van der Waals surface area contributed by atoms with Crippen LogP contribution in [0.5, 0.6) is 11.5 Å². The highest BCUT2D eigenvalue weighted by atomic mass is 35.5. The SMILES string of the molecule is O=C(CCC1CCN(Cc2cccc3c2OCO3)CC1)Nc1ccccc1Cl. The monoisotopic (exact) mass is 400 g/mol. The van der Waals surface area contributed by atoms with E-state index in [1.165, 1.54) is 5.56 Å². The Hall–Kier alpha value is -2.24. The van der Waals surface area contributed by atoms with Gasteiger partial charge in [0.2, 0.25) is 12.7 Å². The second-order valence-electron chi connectivity index (χ2n) is 7.44. The van der Waals surface area contributed by atoms with Crippen LogP contribution in [0.3, 0.4) is 0 Å². The molecule has 2 aliphatic rings. The molecule has 2 aromatic carbocycles. The van der Waals surface area contributed by atoms with Crippen LogP contribution in [0.2, 0.25) is 5.02 Å². The number of piperidine rings is 1. The molecule has 1 fully saturated rings. The van der Waals surface area contributed by atoms with Crippen LogP contribution in [-0.2, 0) is 11.3 Å². The number of para-hydroxylation sites is 2. The Labute approximate surface area is 170 Å². The van der Waals surface area contributed by atoms with E-state index in [-0.39, 0.29) is 5.91 Å². The van der Waals surface area contributed by atoms with Gasteiger partial charge in [-0.05, 0) is 56.5 Å². The van der Waals surface area contributed by atoms with Gasteiger partial charge < -0.3 is 14.8 Å². The molecule has 148 valence electrons. The summed E-state index contributed by atoms with van der Waals surface area (Å²) in [4.78, 5) is 14.7. The van der Waals surface area contributed by atoms with Gasteiger partial charge in [-0.25, -0.2) is 0 Å². The lowest BCUT2D eigenvalue weighted by Gasteiger charge is -2.32. The summed E-state index contributed by atoms with van der Waals surface area (Å²) in [7, 11) is 0. The lowest BCUT2D eigenvalue weighted by Crippen LogP contribution is -2.33. The van der Waals surface area contributed by atoms with E-state index in [4.69, 9.17) is 21.1 Å². The molecule has 4 rings (SSSR count). The van der Waals surface area contributed by atoms with Crippen LogP contribution in [0.1, 0.15) is 31.2 Å². The Morgan fingerprint density at radius 1 is 1.11 bits per heavy atom. The van der Waals surface area contributed by atoms with Crippen LogP contribution < -0.4 is 14.8 Å². The van der Waals surface area contributed by atoms with Crippen molar-refractivity contribution in [3.8, 4) is 11.5 Å². The standard InChI is InChI=1S/C22H25ClN2O3/c23-18-5-1-2-6-19(18)24-21(26)9-8-16-10-12-25(13-11-16)14-17-4-3-7-20-22(17)28-15-27-20/h1-7,16H,8-15H2,(H,24,26). The molecule has 0 unspecified atom stereocenters. The van der Waals surface area contributed by atoms with Gasteiger partial charge in [0.25, 0.3) is 0 Å². The Kier molecular flexibility index (Phi) is 6.03. The minimum absolute atomic E-state index is 0.0347. The summed E-state index contributed by atoms with van der Waals surface area (Å²) in [6.07, 6.45) is 3.69. The molecule has 1 amide bonds. The van der Waals surface area contributed by atoms with E-state index >= 15 is 0 Å². The lowest BCUT2D eigenvalue weighted by molar-refractivity contribution is -0.116. The summed E-state index contributed by atoms with van der Waals surface area (Å²) in [5.41, 5.74) is 1.87. The number of fused-ring (bicyclic) bond motifs is 1. The molecule has 6 heteroatoms. The van der Waals surface area contributed by atoms with E-state index in [9.17, 15) is 4.79 Å². The van der Waals surface area contributed by atoms with Gasteiger partial charge in [0.15, 0.2) is 11.5 Å². The molecular formula is C22H25ClN2O3. The van der Waals surface area contributed by atoms with Crippen molar-refractivity contribution < 1.29 is 14.3 Å². The molecule has 5 nitrogen and oxygen atoms in total.